The molecular formula is C22H19FN4O. The molecule has 0 bridgehead atoms. The molecule has 0 aliphatic rings. The molecule has 0 saturated carbocycles. The van der Waals surface area contributed by atoms with Gasteiger partial charge in [0, 0.05) is 23.2 Å². The largest absolute Gasteiger partial charge is 0.307 e. The number of carbonyl (C=O) groups excluding carboxylic acids is 1. The molecule has 140 valence electrons. The van der Waals surface area contributed by atoms with Crippen LogP contribution in [0, 0.1) is 19.7 Å². The van der Waals surface area contributed by atoms with Gasteiger partial charge in [-0.2, -0.15) is 5.10 Å². The SMILES string of the molecule is Cc1cc(C(=O)Nc2cc(C)nn2Cc2ccccc2)c2ccc(F)cc2n1. The van der Waals surface area contributed by atoms with Gasteiger partial charge in [-0.1, -0.05) is 30.3 Å². The Balaban J connectivity index is 1.67. The Morgan fingerprint density at radius 1 is 1.04 bits per heavy atom. The average Bonchev–Trinajstić information content (AvgIpc) is 3.00. The number of anilines is 1. The summed E-state index contributed by atoms with van der Waals surface area (Å²) in [5.41, 5.74) is 3.45. The van der Waals surface area contributed by atoms with Gasteiger partial charge in [0.25, 0.3) is 5.91 Å². The predicted octanol–water partition coefficient (Wildman–Crippen LogP) is 4.49. The van der Waals surface area contributed by atoms with Crippen LogP contribution in [0.5, 0.6) is 0 Å². The zero-order valence-electron chi connectivity index (χ0n) is 15.6. The van der Waals surface area contributed by atoms with Crippen molar-refractivity contribution in [3.63, 3.8) is 0 Å². The van der Waals surface area contributed by atoms with E-state index < -0.39 is 0 Å². The van der Waals surface area contributed by atoms with Crippen LogP contribution in [0.25, 0.3) is 10.9 Å². The van der Waals surface area contributed by atoms with Crippen LogP contribution in [0.3, 0.4) is 0 Å². The first-order valence-electron chi connectivity index (χ1n) is 8.96. The third-order valence-corrected chi connectivity index (χ3v) is 4.46. The number of aromatic nitrogens is 3. The van der Waals surface area contributed by atoms with Crippen molar-refractivity contribution in [2.24, 2.45) is 0 Å². The summed E-state index contributed by atoms with van der Waals surface area (Å²) in [5, 5.41) is 8.03. The molecule has 0 unspecified atom stereocenters. The highest BCUT2D eigenvalue weighted by atomic mass is 19.1. The van der Waals surface area contributed by atoms with Crippen molar-refractivity contribution < 1.29 is 9.18 Å². The monoisotopic (exact) mass is 374 g/mol. The molecule has 6 heteroatoms. The molecule has 28 heavy (non-hydrogen) atoms. The first kappa shape index (κ1) is 17.9. The second-order valence-electron chi connectivity index (χ2n) is 6.74. The molecule has 0 atom stereocenters. The van der Waals surface area contributed by atoms with Gasteiger partial charge in [0.1, 0.15) is 11.6 Å². The fraction of sp³-hybridized carbons (Fsp3) is 0.136. The summed E-state index contributed by atoms with van der Waals surface area (Å²) >= 11 is 0. The third-order valence-electron chi connectivity index (χ3n) is 4.46. The second kappa shape index (κ2) is 7.23. The Hall–Kier alpha value is -3.54. The van der Waals surface area contributed by atoms with Crippen molar-refractivity contribution in [3.8, 4) is 0 Å². The van der Waals surface area contributed by atoms with Crippen molar-refractivity contribution in [2.75, 3.05) is 5.32 Å². The summed E-state index contributed by atoms with van der Waals surface area (Å²) in [6.07, 6.45) is 0. The fourth-order valence-electron chi connectivity index (χ4n) is 3.23. The van der Waals surface area contributed by atoms with Crippen molar-refractivity contribution in [1.82, 2.24) is 14.8 Å². The maximum Gasteiger partial charge on any atom is 0.257 e. The van der Waals surface area contributed by atoms with Gasteiger partial charge in [0.05, 0.1) is 23.3 Å². The number of nitrogens with one attached hydrogen (secondary N) is 1. The van der Waals surface area contributed by atoms with Crippen LogP contribution in [-0.4, -0.2) is 20.7 Å². The lowest BCUT2D eigenvalue weighted by molar-refractivity contribution is 0.102. The number of pyridine rings is 1. The molecule has 0 aliphatic carbocycles. The van der Waals surface area contributed by atoms with Crippen molar-refractivity contribution >= 4 is 22.6 Å². The summed E-state index contributed by atoms with van der Waals surface area (Å²) in [6, 6.07) is 17.7. The van der Waals surface area contributed by atoms with Crippen molar-refractivity contribution in [2.45, 2.75) is 20.4 Å². The van der Waals surface area contributed by atoms with E-state index in [-0.39, 0.29) is 11.7 Å². The minimum Gasteiger partial charge on any atom is -0.307 e. The molecule has 1 N–H and O–H groups in total. The molecule has 2 heterocycles. The lowest BCUT2D eigenvalue weighted by Gasteiger charge is -2.11. The number of rotatable bonds is 4. The first-order valence-corrected chi connectivity index (χ1v) is 8.96. The van der Waals surface area contributed by atoms with Gasteiger partial charge in [-0.3, -0.25) is 9.78 Å². The van der Waals surface area contributed by atoms with Crippen LogP contribution >= 0.6 is 0 Å². The summed E-state index contributed by atoms with van der Waals surface area (Å²) in [7, 11) is 0. The topological polar surface area (TPSA) is 59.8 Å². The second-order valence-corrected chi connectivity index (χ2v) is 6.74. The van der Waals surface area contributed by atoms with Gasteiger partial charge in [-0.25, -0.2) is 9.07 Å². The van der Waals surface area contributed by atoms with E-state index in [1.165, 1.54) is 12.1 Å². The molecule has 2 aromatic heterocycles. The summed E-state index contributed by atoms with van der Waals surface area (Å²) in [4.78, 5) is 17.3. The smallest absolute Gasteiger partial charge is 0.257 e. The highest BCUT2D eigenvalue weighted by Gasteiger charge is 2.16. The molecule has 0 fully saturated rings. The maximum absolute atomic E-state index is 13.6. The van der Waals surface area contributed by atoms with Crippen LogP contribution in [0.4, 0.5) is 10.2 Å². The normalized spacial score (nSPS) is 11.0. The molecule has 0 saturated heterocycles. The van der Waals surface area contributed by atoms with Crippen LogP contribution in [0.15, 0.2) is 60.7 Å². The molecule has 5 nitrogen and oxygen atoms in total. The first-order chi connectivity index (χ1) is 13.5. The Bertz CT molecular complexity index is 1160. The van der Waals surface area contributed by atoms with Gasteiger partial charge in [-0.05, 0) is 37.6 Å². The number of hydrogen-bond donors (Lipinski definition) is 1. The van der Waals surface area contributed by atoms with E-state index >= 15 is 0 Å². The molecular weight excluding hydrogens is 355 g/mol. The number of fused-ring (bicyclic) bond motifs is 1. The number of benzene rings is 2. The number of nitrogens with zero attached hydrogens (tertiary/aromatic N) is 3. The molecule has 4 rings (SSSR count). The lowest BCUT2D eigenvalue weighted by atomic mass is 10.1. The minimum absolute atomic E-state index is 0.281. The number of hydrogen-bond acceptors (Lipinski definition) is 3. The molecule has 0 aliphatic heterocycles. The van der Waals surface area contributed by atoms with Crippen molar-refractivity contribution in [3.05, 3.63) is 89.0 Å². The predicted molar refractivity (Wildman–Crippen MR) is 107 cm³/mol. The Labute approximate surface area is 161 Å². The van der Waals surface area contributed by atoms with Gasteiger partial charge < -0.3 is 5.32 Å². The van der Waals surface area contributed by atoms with E-state index in [1.807, 2.05) is 43.3 Å². The summed E-state index contributed by atoms with van der Waals surface area (Å²) in [6.45, 7) is 4.21. The molecule has 0 spiro atoms. The molecule has 2 aromatic carbocycles. The zero-order chi connectivity index (χ0) is 19.7. The van der Waals surface area contributed by atoms with E-state index in [9.17, 15) is 9.18 Å². The van der Waals surface area contributed by atoms with Gasteiger partial charge in [-0.15, -0.1) is 0 Å². The van der Waals surface area contributed by atoms with E-state index in [1.54, 1.807) is 23.7 Å². The number of amides is 1. The van der Waals surface area contributed by atoms with Crippen LogP contribution < -0.4 is 5.32 Å². The quantitative estimate of drug-likeness (QED) is 0.573. The molecule has 1 amide bonds. The van der Waals surface area contributed by atoms with Crippen LogP contribution in [0.2, 0.25) is 0 Å². The Morgan fingerprint density at radius 3 is 2.61 bits per heavy atom. The van der Waals surface area contributed by atoms with Crippen LogP contribution in [-0.2, 0) is 6.54 Å². The highest BCUT2D eigenvalue weighted by molar-refractivity contribution is 6.12. The number of halogens is 1. The zero-order valence-corrected chi connectivity index (χ0v) is 15.6. The van der Waals surface area contributed by atoms with Gasteiger partial charge >= 0.3 is 0 Å². The van der Waals surface area contributed by atoms with E-state index in [0.717, 1.165) is 11.3 Å². The van der Waals surface area contributed by atoms with Gasteiger partial charge in [0.2, 0.25) is 0 Å². The fourth-order valence-corrected chi connectivity index (χ4v) is 3.23. The van der Waals surface area contributed by atoms with Gasteiger partial charge in [0.15, 0.2) is 0 Å². The number of carbonyl (C=O) groups is 1. The third kappa shape index (κ3) is 3.62. The highest BCUT2D eigenvalue weighted by Crippen LogP contribution is 2.21. The average molecular weight is 374 g/mol. The summed E-state index contributed by atoms with van der Waals surface area (Å²) < 4.78 is 15.3. The molecule has 0 radical (unpaired) electrons. The van der Waals surface area contributed by atoms with E-state index in [2.05, 4.69) is 15.4 Å². The Kier molecular flexibility index (Phi) is 4.61. The van der Waals surface area contributed by atoms with E-state index in [0.29, 0.717) is 34.5 Å². The Morgan fingerprint density at radius 2 is 1.82 bits per heavy atom. The summed E-state index contributed by atoms with van der Waals surface area (Å²) in [5.74, 6) is -0.0547. The number of aryl methyl sites for hydroxylation is 2. The van der Waals surface area contributed by atoms with Crippen LogP contribution in [0.1, 0.15) is 27.3 Å². The lowest BCUT2D eigenvalue weighted by Crippen LogP contribution is -2.17. The molecule has 4 aromatic rings. The standard InChI is InChI=1S/C22H19FN4O/c1-14-10-19(18-9-8-17(23)12-20(18)24-14)22(28)25-21-11-15(2)26-27(21)13-16-6-4-3-5-7-16/h3-12H,13H2,1-2H3,(H,25,28). The minimum atomic E-state index is -0.381. The maximum atomic E-state index is 13.6. The van der Waals surface area contributed by atoms with E-state index in [4.69, 9.17) is 0 Å². The van der Waals surface area contributed by atoms with Crippen molar-refractivity contribution in [1.29, 1.82) is 0 Å².